The third-order valence-corrected chi connectivity index (χ3v) is 2.89. The lowest BCUT2D eigenvalue weighted by Crippen LogP contribution is -2.16. The monoisotopic (exact) mass is 251 g/mol. The standard InChI is InChI=1S/C14H9N3O2/c15-8-10-4-1-2-5-11(10)9-17-13-12(19-14(17)18)6-3-7-16-13/h1-7H,9H2. The van der Waals surface area contributed by atoms with Crippen LogP contribution in [0.25, 0.3) is 11.2 Å². The van der Waals surface area contributed by atoms with Crippen molar-refractivity contribution in [3.63, 3.8) is 0 Å². The smallest absolute Gasteiger partial charge is 0.406 e. The van der Waals surface area contributed by atoms with Gasteiger partial charge in [0.05, 0.1) is 18.2 Å². The van der Waals surface area contributed by atoms with Gasteiger partial charge in [-0.2, -0.15) is 5.26 Å². The minimum atomic E-state index is -0.471. The normalized spacial score (nSPS) is 10.5. The van der Waals surface area contributed by atoms with E-state index in [1.165, 1.54) is 4.57 Å². The van der Waals surface area contributed by atoms with Gasteiger partial charge in [0.1, 0.15) is 0 Å². The molecule has 5 nitrogen and oxygen atoms in total. The SMILES string of the molecule is N#Cc1ccccc1Cn1c(=O)oc2cccnc21. The highest BCUT2D eigenvalue weighted by Crippen LogP contribution is 2.13. The molecule has 0 atom stereocenters. The van der Waals surface area contributed by atoms with E-state index < -0.39 is 5.76 Å². The maximum Gasteiger partial charge on any atom is 0.421 e. The van der Waals surface area contributed by atoms with E-state index in [-0.39, 0.29) is 6.54 Å². The zero-order valence-electron chi connectivity index (χ0n) is 9.91. The van der Waals surface area contributed by atoms with Crippen LogP contribution in [-0.4, -0.2) is 9.55 Å². The summed E-state index contributed by atoms with van der Waals surface area (Å²) in [6, 6.07) is 12.7. The molecule has 0 aliphatic carbocycles. The average Bonchev–Trinajstić information content (AvgIpc) is 2.76. The number of hydrogen-bond donors (Lipinski definition) is 0. The predicted molar refractivity (Wildman–Crippen MR) is 68.5 cm³/mol. The lowest BCUT2D eigenvalue weighted by atomic mass is 10.1. The molecule has 0 fully saturated rings. The van der Waals surface area contributed by atoms with Gasteiger partial charge < -0.3 is 4.42 Å². The van der Waals surface area contributed by atoms with Gasteiger partial charge in [0.2, 0.25) is 0 Å². The van der Waals surface area contributed by atoms with Crippen LogP contribution in [0.2, 0.25) is 0 Å². The Kier molecular flexibility index (Phi) is 2.62. The van der Waals surface area contributed by atoms with Crippen LogP contribution in [0.15, 0.2) is 51.8 Å². The molecule has 0 radical (unpaired) electrons. The molecule has 92 valence electrons. The molecule has 3 aromatic rings. The van der Waals surface area contributed by atoms with Gasteiger partial charge in [-0.15, -0.1) is 0 Å². The highest BCUT2D eigenvalue weighted by atomic mass is 16.4. The van der Waals surface area contributed by atoms with Gasteiger partial charge in [0.25, 0.3) is 0 Å². The maximum absolute atomic E-state index is 11.8. The number of nitrogens with zero attached hydrogens (tertiary/aromatic N) is 3. The van der Waals surface area contributed by atoms with E-state index in [1.54, 1.807) is 30.5 Å². The topological polar surface area (TPSA) is 71.8 Å². The van der Waals surface area contributed by atoms with Crippen LogP contribution in [0.1, 0.15) is 11.1 Å². The molecule has 5 heteroatoms. The summed E-state index contributed by atoms with van der Waals surface area (Å²) in [5, 5.41) is 9.05. The molecule has 0 aliphatic heterocycles. The van der Waals surface area contributed by atoms with E-state index in [1.807, 2.05) is 12.1 Å². The summed E-state index contributed by atoms with van der Waals surface area (Å²) in [7, 11) is 0. The number of pyridine rings is 1. The van der Waals surface area contributed by atoms with Crippen LogP contribution in [0.4, 0.5) is 0 Å². The number of aromatic nitrogens is 2. The molecule has 3 rings (SSSR count). The lowest BCUT2D eigenvalue weighted by molar-refractivity contribution is 0.517. The Morgan fingerprint density at radius 1 is 1.26 bits per heavy atom. The number of benzene rings is 1. The molecule has 1 aromatic carbocycles. The Labute approximate surface area is 108 Å². The highest BCUT2D eigenvalue weighted by molar-refractivity contribution is 5.67. The van der Waals surface area contributed by atoms with Crippen LogP contribution in [0, 0.1) is 11.3 Å². The third-order valence-electron chi connectivity index (χ3n) is 2.89. The Bertz CT molecular complexity index is 840. The van der Waals surface area contributed by atoms with Crippen LogP contribution < -0.4 is 5.76 Å². The van der Waals surface area contributed by atoms with Gasteiger partial charge >= 0.3 is 5.76 Å². The van der Waals surface area contributed by atoms with E-state index in [4.69, 9.17) is 9.68 Å². The van der Waals surface area contributed by atoms with Gasteiger partial charge in [0.15, 0.2) is 11.2 Å². The van der Waals surface area contributed by atoms with E-state index in [0.29, 0.717) is 16.8 Å². The summed E-state index contributed by atoms with van der Waals surface area (Å²) in [6.45, 7) is 0.270. The van der Waals surface area contributed by atoms with Crippen molar-refractivity contribution in [1.29, 1.82) is 5.26 Å². The lowest BCUT2D eigenvalue weighted by Gasteiger charge is -2.03. The molecule has 0 bridgehead atoms. The molecule has 0 unspecified atom stereocenters. The summed E-state index contributed by atoms with van der Waals surface area (Å²) >= 11 is 0. The first-order chi connectivity index (χ1) is 9.29. The number of nitriles is 1. The largest absolute Gasteiger partial charge is 0.421 e. The molecular formula is C14H9N3O2. The third kappa shape index (κ3) is 1.89. The number of oxazole rings is 1. The second kappa shape index (κ2) is 4.42. The van der Waals surface area contributed by atoms with E-state index >= 15 is 0 Å². The quantitative estimate of drug-likeness (QED) is 0.697. The summed E-state index contributed by atoms with van der Waals surface area (Å²) in [5.74, 6) is -0.471. The van der Waals surface area contributed by atoms with Gasteiger partial charge in [-0.1, -0.05) is 18.2 Å². The van der Waals surface area contributed by atoms with Gasteiger partial charge in [-0.25, -0.2) is 9.78 Å². The zero-order chi connectivity index (χ0) is 13.2. The van der Waals surface area contributed by atoms with Crippen LogP contribution >= 0.6 is 0 Å². The molecule has 2 heterocycles. The predicted octanol–water partition coefficient (Wildman–Crippen LogP) is 1.91. The van der Waals surface area contributed by atoms with Crippen molar-refractivity contribution < 1.29 is 4.42 Å². The molecule has 0 saturated heterocycles. The van der Waals surface area contributed by atoms with Crippen LogP contribution in [0.3, 0.4) is 0 Å². The van der Waals surface area contributed by atoms with Crippen molar-refractivity contribution in [1.82, 2.24) is 9.55 Å². The maximum atomic E-state index is 11.8. The van der Waals surface area contributed by atoms with Gasteiger partial charge in [-0.05, 0) is 23.8 Å². The summed E-state index contributed by atoms with van der Waals surface area (Å²) in [6.07, 6.45) is 1.60. The number of hydrogen-bond acceptors (Lipinski definition) is 4. The zero-order valence-corrected chi connectivity index (χ0v) is 9.91. The summed E-state index contributed by atoms with van der Waals surface area (Å²) in [5.41, 5.74) is 2.24. The van der Waals surface area contributed by atoms with Crippen molar-refractivity contribution in [3.8, 4) is 6.07 Å². The van der Waals surface area contributed by atoms with Crippen molar-refractivity contribution in [2.75, 3.05) is 0 Å². The first kappa shape index (κ1) is 11.2. The molecule has 0 amide bonds. The van der Waals surface area contributed by atoms with E-state index in [2.05, 4.69) is 11.1 Å². The molecule has 0 aliphatic rings. The Morgan fingerprint density at radius 2 is 2.11 bits per heavy atom. The molecule has 0 saturated carbocycles. The van der Waals surface area contributed by atoms with Crippen LogP contribution in [-0.2, 0) is 6.54 Å². The fourth-order valence-electron chi connectivity index (χ4n) is 1.98. The fraction of sp³-hybridized carbons (Fsp3) is 0.0714. The molecule has 2 aromatic heterocycles. The van der Waals surface area contributed by atoms with Gasteiger partial charge in [0, 0.05) is 6.20 Å². The molecule has 0 N–H and O–H groups in total. The van der Waals surface area contributed by atoms with Crippen LogP contribution in [0.5, 0.6) is 0 Å². The molecular weight excluding hydrogens is 242 g/mol. The van der Waals surface area contributed by atoms with Crippen molar-refractivity contribution >= 4 is 11.2 Å². The number of fused-ring (bicyclic) bond motifs is 1. The van der Waals surface area contributed by atoms with E-state index in [0.717, 1.165) is 5.56 Å². The van der Waals surface area contributed by atoms with Crippen molar-refractivity contribution in [2.45, 2.75) is 6.54 Å². The fourth-order valence-corrected chi connectivity index (χ4v) is 1.98. The first-order valence-corrected chi connectivity index (χ1v) is 5.72. The van der Waals surface area contributed by atoms with E-state index in [9.17, 15) is 4.79 Å². The van der Waals surface area contributed by atoms with Crippen molar-refractivity contribution in [2.24, 2.45) is 0 Å². The molecule has 0 spiro atoms. The minimum absolute atomic E-state index is 0.270. The Balaban J connectivity index is 2.14. The average molecular weight is 251 g/mol. The molecule has 19 heavy (non-hydrogen) atoms. The minimum Gasteiger partial charge on any atom is -0.406 e. The summed E-state index contributed by atoms with van der Waals surface area (Å²) in [4.78, 5) is 16.0. The summed E-state index contributed by atoms with van der Waals surface area (Å²) < 4.78 is 6.53. The number of rotatable bonds is 2. The highest BCUT2D eigenvalue weighted by Gasteiger charge is 2.11. The second-order valence-corrected chi connectivity index (χ2v) is 4.05. The van der Waals surface area contributed by atoms with Crippen molar-refractivity contribution in [3.05, 3.63) is 64.3 Å². The first-order valence-electron chi connectivity index (χ1n) is 5.72. The Morgan fingerprint density at radius 3 is 2.95 bits per heavy atom. The second-order valence-electron chi connectivity index (χ2n) is 4.05. The van der Waals surface area contributed by atoms with Gasteiger partial charge in [-0.3, -0.25) is 4.57 Å². The Hall–Kier alpha value is -2.87.